The van der Waals surface area contributed by atoms with E-state index < -0.39 is 8.25 Å². The van der Waals surface area contributed by atoms with E-state index in [1.165, 1.54) is 64.2 Å². The van der Waals surface area contributed by atoms with Crippen molar-refractivity contribution in [1.29, 1.82) is 0 Å². The Morgan fingerprint density at radius 1 is 0.619 bits per heavy atom. The second-order valence-corrected chi connectivity index (χ2v) is 6.39. The molecule has 0 aromatic rings. The third-order valence-corrected chi connectivity index (χ3v) is 4.18. The zero-order chi connectivity index (χ0) is 14.9. The molecule has 0 aliphatic rings. The average Bonchev–Trinajstić information content (AvgIpc) is 2.45. The predicted molar refractivity (Wildman–Crippen MR) is 86.3 cm³/mol. The van der Waals surface area contributed by atoms with E-state index in [1.54, 1.807) is 0 Å². The quantitative estimate of drug-likeness (QED) is 0.181. The van der Waals surface area contributed by atoms with Crippen LogP contribution < -0.4 is 0 Å². The van der Waals surface area contributed by atoms with Gasteiger partial charge in [-0.25, -0.2) is 0 Å². The van der Waals surface area contributed by atoms with Crippen molar-refractivity contribution < 1.29 is 30.1 Å². The summed E-state index contributed by atoms with van der Waals surface area (Å²) in [7, 11) is -1.89. The monoisotopic (exact) mass is 363 g/mol. The van der Waals surface area contributed by atoms with Crippen molar-refractivity contribution in [2.24, 2.45) is 0 Å². The first-order valence-electron chi connectivity index (χ1n) is 8.54. The molecule has 0 aromatic heterocycles. The van der Waals surface area contributed by atoms with Crippen LogP contribution in [0.3, 0.4) is 0 Å². The molecule has 0 amide bonds. The third-order valence-electron chi connectivity index (χ3n) is 3.39. The number of unbranched alkanes of at least 4 members (excludes halogenated alkanes) is 10. The van der Waals surface area contributed by atoms with Gasteiger partial charge in [0.1, 0.15) is 13.2 Å². The summed E-state index contributed by atoms with van der Waals surface area (Å²) in [5, 5.41) is 0. The third kappa shape index (κ3) is 20.5. The molecule has 0 heterocycles. The molecule has 5 heteroatoms. The molecular formula is C16H34NiO3P+. The van der Waals surface area contributed by atoms with Crippen molar-refractivity contribution in [3.8, 4) is 0 Å². The Kier molecular flexibility index (Phi) is 23.2. The Morgan fingerprint density at radius 3 is 1.33 bits per heavy atom. The van der Waals surface area contributed by atoms with Crippen LogP contribution in [0.5, 0.6) is 0 Å². The molecule has 0 saturated carbocycles. The average molecular weight is 364 g/mol. The maximum absolute atomic E-state index is 11.4. The molecular weight excluding hydrogens is 330 g/mol. The van der Waals surface area contributed by atoms with Crippen molar-refractivity contribution in [2.75, 3.05) is 13.2 Å². The normalized spacial score (nSPS) is 10.4. The molecule has 0 fully saturated rings. The number of hydrogen-bond donors (Lipinski definition) is 0. The molecule has 0 aromatic carbocycles. The van der Waals surface area contributed by atoms with Gasteiger partial charge in [0.15, 0.2) is 0 Å². The first kappa shape index (κ1) is 23.8. The van der Waals surface area contributed by atoms with Gasteiger partial charge in [0, 0.05) is 21.1 Å². The van der Waals surface area contributed by atoms with Gasteiger partial charge in [-0.15, -0.1) is 9.05 Å². The summed E-state index contributed by atoms with van der Waals surface area (Å²) in [6, 6.07) is 0. The zero-order valence-electron chi connectivity index (χ0n) is 13.9. The smallest absolute Gasteiger partial charge is 0.119 e. The van der Waals surface area contributed by atoms with Crippen LogP contribution in [0.25, 0.3) is 0 Å². The van der Waals surface area contributed by atoms with E-state index in [2.05, 4.69) is 13.8 Å². The van der Waals surface area contributed by atoms with Gasteiger partial charge in [-0.1, -0.05) is 78.1 Å². The van der Waals surface area contributed by atoms with Crippen LogP contribution in [0.1, 0.15) is 90.9 Å². The molecule has 0 aliphatic carbocycles. The van der Waals surface area contributed by atoms with Gasteiger partial charge >= 0.3 is 8.25 Å². The number of hydrogen-bond acceptors (Lipinski definition) is 3. The molecule has 0 saturated heterocycles. The maximum atomic E-state index is 11.4. The van der Waals surface area contributed by atoms with Gasteiger partial charge in [-0.2, -0.15) is 0 Å². The van der Waals surface area contributed by atoms with Crippen LogP contribution in [-0.4, -0.2) is 13.2 Å². The summed E-state index contributed by atoms with van der Waals surface area (Å²) >= 11 is 0. The minimum atomic E-state index is -1.89. The first-order valence-corrected chi connectivity index (χ1v) is 9.63. The Morgan fingerprint density at radius 2 is 0.952 bits per heavy atom. The summed E-state index contributed by atoms with van der Waals surface area (Å²) in [6.45, 7) is 5.57. The summed E-state index contributed by atoms with van der Waals surface area (Å²) < 4.78 is 21.8. The molecule has 3 nitrogen and oxygen atoms in total. The second-order valence-electron chi connectivity index (χ2n) is 5.43. The summed E-state index contributed by atoms with van der Waals surface area (Å²) in [6.07, 6.45) is 14.6. The van der Waals surface area contributed by atoms with E-state index >= 15 is 0 Å². The largest absolute Gasteiger partial charge is 0.697 e. The van der Waals surface area contributed by atoms with Crippen LogP contribution in [0.4, 0.5) is 0 Å². The van der Waals surface area contributed by atoms with Gasteiger partial charge in [-0.05, 0) is 12.8 Å². The minimum absolute atomic E-state index is 0. The first-order chi connectivity index (χ1) is 9.81. The van der Waals surface area contributed by atoms with Gasteiger partial charge in [0.05, 0.1) is 0 Å². The van der Waals surface area contributed by atoms with E-state index in [0.717, 1.165) is 12.8 Å². The van der Waals surface area contributed by atoms with Crippen LogP contribution in [0.15, 0.2) is 0 Å². The molecule has 0 N–H and O–H groups in total. The van der Waals surface area contributed by atoms with Gasteiger partial charge in [0.2, 0.25) is 0 Å². The summed E-state index contributed by atoms with van der Waals surface area (Å²) in [4.78, 5) is 0. The molecule has 0 atom stereocenters. The van der Waals surface area contributed by atoms with Crippen molar-refractivity contribution in [1.82, 2.24) is 0 Å². The maximum Gasteiger partial charge on any atom is 0.697 e. The molecule has 0 spiro atoms. The molecule has 0 bridgehead atoms. The molecule has 0 aliphatic heterocycles. The Bertz CT molecular complexity index is 196. The fourth-order valence-electron chi connectivity index (χ4n) is 2.08. The van der Waals surface area contributed by atoms with Crippen LogP contribution >= 0.6 is 8.25 Å². The predicted octanol–water partition coefficient (Wildman–Crippen LogP) is 6.40. The molecule has 130 valence electrons. The molecule has 0 unspecified atom stereocenters. The van der Waals surface area contributed by atoms with E-state index in [4.69, 9.17) is 9.05 Å². The molecule has 0 rings (SSSR count). The van der Waals surface area contributed by atoms with E-state index in [1.807, 2.05) is 0 Å². The fraction of sp³-hybridized carbons (Fsp3) is 1.00. The second kappa shape index (κ2) is 20.5. The SMILES string of the molecule is CCCCCCCCO[P+](=O)OCCCCCCCC.[Ni]. The van der Waals surface area contributed by atoms with Gasteiger partial charge in [0.25, 0.3) is 0 Å². The number of rotatable bonds is 16. The Hall–Kier alpha value is 0.514. The van der Waals surface area contributed by atoms with Crippen molar-refractivity contribution in [3.63, 3.8) is 0 Å². The van der Waals surface area contributed by atoms with E-state index in [9.17, 15) is 4.57 Å². The Labute approximate surface area is 142 Å². The van der Waals surface area contributed by atoms with Gasteiger partial charge < -0.3 is 0 Å². The molecule has 0 radical (unpaired) electrons. The topological polar surface area (TPSA) is 35.5 Å². The van der Waals surface area contributed by atoms with E-state index in [0.29, 0.717) is 13.2 Å². The van der Waals surface area contributed by atoms with Crippen LogP contribution in [0, 0.1) is 0 Å². The molecule has 21 heavy (non-hydrogen) atoms. The Balaban J connectivity index is 0. The summed E-state index contributed by atoms with van der Waals surface area (Å²) in [5.41, 5.74) is 0. The van der Waals surface area contributed by atoms with Gasteiger partial charge in [-0.3, -0.25) is 0 Å². The standard InChI is InChI=1S/C16H34O3P.Ni/c1-3-5-7-9-11-13-15-18-20(17)19-16-14-12-10-8-6-4-2;/h3-16H2,1-2H3;/q+1;. The minimum Gasteiger partial charge on any atom is -0.119 e. The van der Waals surface area contributed by atoms with Crippen LogP contribution in [0.2, 0.25) is 0 Å². The summed E-state index contributed by atoms with van der Waals surface area (Å²) in [5.74, 6) is 0. The zero-order valence-corrected chi connectivity index (χ0v) is 15.8. The van der Waals surface area contributed by atoms with Crippen molar-refractivity contribution in [3.05, 3.63) is 0 Å². The van der Waals surface area contributed by atoms with Crippen molar-refractivity contribution >= 4 is 8.25 Å². The van der Waals surface area contributed by atoms with Crippen LogP contribution in [-0.2, 0) is 30.1 Å². The van der Waals surface area contributed by atoms with E-state index in [-0.39, 0.29) is 16.5 Å². The fourth-order valence-corrected chi connectivity index (χ4v) is 2.71. The van der Waals surface area contributed by atoms with Crippen molar-refractivity contribution in [2.45, 2.75) is 90.9 Å².